The molecule has 41 heavy (non-hydrogen) atoms. The molecule has 206 valence electrons. The molecule has 1 aliphatic rings. The van der Waals surface area contributed by atoms with Gasteiger partial charge in [-0.05, 0) is 79.5 Å². The first-order chi connectivity index (χ1) is 20.0. The van der Waals surface area contributed by atoms with E-state index in [1.807, 2.05) is 6.07 Å². The van der Waals surface area contributed by atoms with E-state index in [9.17, 15) is 9.65 Å². The van der Waals surface area contributed by atoms with E-state index < -0.39 is 0 Å². The number of anilines is 4. The van der Waals surface area contributed by atoms with Crippen molar-refractivity contribution in [3.8, 4) is 11.8 Å². The van der Waals surface area contributed by atoms with E-state index in [0.717, 1.165) is 16.9 Å². The monoisotopic (exact) mass is 584 g/mol. The van der Waals surface area contributed by atoms with Gasteiger partial charge >= 0.3 is 0 Å². The number of hydrogen-bond donors (Lipinski definition) is 2. The number of aromatic nitrogens is 2. The number of likely N-dealkylation sites (tertiary alicyclic amines) is 1. The zero-order valence-corrected chi connectivity index (χ0v) is 23.6. The number of benzene rings is 3. The largest absolute Gasteiger partial charge is 0.487 e. The fraction of sp³-hybridized carbons (Fsp3) is 0.194. The van der Waals surface area contributed by atoms with Crippen molar-refractivity contribution in [3.05, 3.63) is 100 Å². The van der Waals surface area contributed by atoms with Crippen LogP contribution in [0.4, 0.5) is 26.6 Å². The summed E-state index contributed by atoms with van der Waals surface area (Å²) in [5, 5.41) is 17.5. The molecule has 3 heterocycles. The summed E-state index contributed by atoms with van der Waals surface area (Å²) < 4.78 is 20.0. The molecule has 2 aromatic heterocycles. The lowest BCUT2D eigenvalue weighted by Crippen LogP contribution is -2.18. The zero-order valence-electron chi connectivity index (χ0n) is 22.0. The number of nitriles is 1. The summed E-state index contributed by atoms with van der Waals surface area (Å²) in [5.41, 5.74) is 5.13. The van der Waals surface area contributed by atoms with Crippen molar-refractivity contribution in [2.24, 2.45) is 0 Å². The van der Waals surface area contributed by atoms with Gasteiger partial charge in [0.1, 0.15) is 28.9 Å². The molecule has 1 aliphatic heterocycles. The first kappa shape index (κ1) is 27.0. The zero-order chi connectivity index (χ0) is 28.2. The van der Waals surface area contributed by atoms with E-state index in [1.165, 1.54) is 61.2 Å². The molecule has 1 fully saturated rings. The third-order valence-electron chi connectivity index (χ3n) is 6.84. The second kappa shape index (κ2) is 12.1. The van der Waals surface area contributed by atoms with Crippen LogP contribution in [0.5, 0.6) is 5.75 Å². The second-order valence-electron chi connectivity index (χ2n) is 9.82. The van der Waals surface area contributed by atoms with Gasteiger partial charge < -0.3 is 15.4 Å². The number of halogens is 2. The molecule has 0 bridgehead atoms. The standard InChI is InChI=1S/C31H26ClFN6OS/c32-26-15-25(10-11-27(26)40-19-21-4-3-5-23(33)14-21)36-28-22(16-34)17-35-30-29(28)41-31(38-30)37-24-8-6-20(7-9-24)18-39-12-1-2-13-39/h3-11,14-15,17H,1-2,12-13,18-19H2,(H2,35,36,37,38). The summed E-state index contributed by atoms with van der Waals surface area (Å²) in [6.07, 6.45) is 4.07. The molecular weight excluding hydrogens is 559 g/mol. The fourth-order valence-electron chi connectivity index (χ4n) is 4.78. The highest BCUT2D eigenvalue weighted by Crippen LogP contribution is 2.37. The Labute approximate surface area is 246 Å². The van der Waals surface area contributed by atoms with Crippen molar-refractivity contribution < 1.29 is 9.13 Å². The van der Waals surface area contributed by atoms with Gasteiger partial charge in [-0.25, -0.2) is 9.37 Å². The van der Waals surface area contributed by atoms with Crippen molar-refractivity contribution in [1.29, 1.82) is 5.26 Å². The number of nitrogens with zero attached hydrogens (tertiary/aromatic N) is 4. The van der Waals surface area contributed by atoms with Gasteiger partial charge in [0.2, 0.25) is 0 Å². The summed E-state index contributed by atoms with van der Waals surface area (Å²) in [4.78, 5) is 11.5. The van der Waals surface area contributed by atoms with Crippen LogP contribution in [-0.2, 0) is 13.2 Å². The molecule has 10 heteroatoms. The lowest BCUT2D eigenvalue weighted by atomic mass is 10.2. The second-order valence-corrected chi connectivity index (χ2v) is 11.2. The summed E-state index contributed by atoms with van der Waals surface area (Å²) in [6, 6.07) is 22.1. The summed E-state index contributed by atoms with van der Waals surface area (Å²) >= 11 is 7.92. The van der Waals surface area contributed by atoms with Crippen molar-refractivity contribution in [2.45, 2.75) is 26.0 Å². The first-order valence-electron chi connectivity index (χ1n) is 13.3. The number of fused-ring (bicyclic) bond motifs is 1. The SMILES string of the molecule is N#Cc1cnc2nc(Nc3ccc(CN4CCCC4)cc3)sc2c1Nc1ccc(OCc2cccc(F)c2)c(Cl)c1. The Balaban J connectivity index is 1.18. The van der Waals surface area contributed by atoms with Crippen LogP contribution in [0, 0.1) is 17.1 Å². The summed E-state index contributed by atoms with van der Waals surface area (Å²) in [7, 11) is 0. The minimum absolute atomic E-state index is 0.186. The third kappa shape index (κ3) is 6.41. The van der Waals surface area contributed by atoms with E-state index in [-0.39, 0.29) is 12.4 Å². The number of rotatable bonds is 9. The minimum Gasteiger partial charge on any atom is -0.487 e. The Bertz CT molecular complexity index is 1730. The Hall–Kier alpha value is -4.23. The molecule has 0 amide bonds. The van der Waals surface area contributed by atoms with Crippen LogP contribution in [0.2, 0.25) is 5.02 Å². The average Bonchev–Trinajstić information content (AvgIpc) is 3.64. The average molecular weight is 585 g/mol. The van der Waals surface area contributed by atoms with Crippen LogP contribution in [0.25, 0.3) is 10.3 Å². The van der Waals surface area contributed by atoms with E-state index in [4.69, 9.17) is 16.3 Å². The topological polar surface area (TPSA) is 86.1 Å². The fourth-order valence-corrected chi connectivity index (χ4v) is 5.96. The van der Waals surface area contributed by atoms with E-state index in [0.29, 0.717) is 44.1 Å². The van der Waals surface area contributed by atoms with Gasteiger partial charge in [0, 0.05) is 24.1 Å². The van der Waals surface area contributed by atoms with Gasteiger partial charge in [-0.1, -0.05) is 47.2 Å². The quantitative estimate of drug-likeness (QED) is 0.181. The van der Waals surface area contributed by atoms with Crippen LogP contribution >= 0.6 is 22.9 Å². The smallest absolute Gasteiger partial charge is 0.189 e. The first-order valence-corrected chi connectivity index (χ1v) is 14.5. The van der Waals surface area contributed by atoms with Crippen molar-refractivity contribution in [2.75, 3.05) is 23.7 Å². The van der Waals surface area contributed by atoms with Crippen LogP contribution in [0.1, 0.15) is 29.5 Å². The van der Waals surface area contributed by atoms with Crippen LogP contribution in [0.3, 0.4) is 0 Å². The van der Waals surface area contributed by atoms with Crippen LogP contribution in [-0.4, -0.2) is 28.0 Å². The minimum atomic E-state index is -0.319. The number of nitrogens with one attached hydrogen (secondary N) is 2. The molecule has 0 saturated carbocycles. The summed E-state index contributed by atoms with van der Waals surface area (Å²) in [5.74, 6) is 0.151. The Morgan fingerprint density at radius 1 is 1.00 bits per heavy atom. The van der Waals surface area contributed by atoms with Crippen molar-refractivity contribution >= 4 is 55.5 Å². The molecule has 0 atom stereocenters. The molecular formula is C31H26ClFN6OS. The van der Waals surface area contributed by atoms with E-state index in [2.05, 4.69) is 55.8 Å². The number of pyridine rings is 1. The lowest BCUT2D eigenvalue weighted by molar-refractivity contribution is 0.306. The molecule has 0 aliphatic carbocycles. The maximum Gasteiger partial charge on any atom is 0.189 e. The van der Waals surface area contributed by atoms with Gasteiger partial charge in [0.15, 0.2) is 10.8 Å². The van der Waals surface area contributed by atoms with E-state index in [1.54, 1.807) is 24.3 Å². The van der Waals surface area contributed by atoms with E-state index >= 15 is 0 Å². The number of ether oxygens (including phenoxy) is 1. The normalized spacial score (nSPS) is 13.3. The van der Waals surface area contributed by atoms with Crippen LogP contribution in [0.15, 0.2) is 72.9 Å². The summed E-state index contributed by atoms with van der Waals surface area (Å²) in [6.45, 7) is 3.49. The van der Waals surface area contributed by atoms with Gasteiger partial charge in [-0.15, -0.1) is 0 Å². The molecule has 0 spiro atoms. The maximum atomic E-state index is 13.5. The Kier molecular flexibility index (Phi) is 7.96. The lowest BCUT2D eigenvalue weighted by Gasteiger charge is -2.14. The van der Waals surface area contributed by atoms with Crippen molar-refractivity contribution in [3.63, 3.8) is 0 Å². The molecule has 1 saturated heterocycles. The molecule has 5 aromatic rings. The Morgan fingerprint density at radius 2 is 1.80 bits per heavy atom. The van der Waals surface area contributed by atoms with Gasteiger partial charge in [-0.3, -0.25) is 4.90 Å². The molecule has 3 aromatic carbocycles. The van der Waals surface area contributed by atoms with Crippen molar-refractivity contribution in [1.82, 2.24) is 14.9 Å². The molecule has 6 rings (SSSR count). The van der Waals surface area contributed by atoms with Gasteiger partial charge in [0.05, 0.1) is 16.3 Å². The maximum absolute atomic E-state index is 13.5. The highest BCUT2D eigenvalue weighted by atomic mass is 35.5. The molecule has 0 unspecified atom stereocenters. The van der Waals surface area contributed by atoms with Gasteiger partial charge in [0.25, 0.3) is 0 Å². The molecule has 7 nitrogen and oxygen atoms in total. The molecule has 2 N–H and O–H groups in total. The van der Waals surface area contributed by atoms with Gasteiger partial charge in [-0.2, -0.15) is 10.2 Å². The highest BCUT2D eigenvalue weighted by Gasteiger charge is 2.16. The number of thiazole rings is 1. The Morgan fingerprint density at radius 3 is 2.56 bits per heavy atom. The molecule has 0 radical (unpaired) electrons. The number of hydrogen-bond acceptors (Lipinski definition) is 8. The predicted molar refractivity (Wildman–Crippen MR) is 162 cm³/mol. The highest BCUT2D eigenvalue weighted by molar-refractivity contribution is 7.22. The van der Waals surface area contributed by atoms with Crippen LogP contribution < -0.4 is 15.4 Å². The predicted octanol–water partition coefficient (Wildman–Crippen LogP) is 8.02. The third-order valence-corrected chi connectivity index (χ3v) is 8.11.